The van der Waals surface area contributed by atoms with E-state index in [1.165, 1.54) is 18.2 Å². The highest BCUT2D eigenvalue weighted by Gasteiger charge is 2.26. The van der Waals surface area contributed by atoms with Gasteiger partial charge in [-0.25, -0.2) is 4.79 Å². The Morgan fingerprint density at radius 2 is 2.00 bits per heavy atom. The van der Waals surface area contributed by atoms with E-state index >= 15 is 0 Å². The third-order valence-corrected chi connectivity index (χ3v) is 4.96. The minimum Gasteiger partial charge on any atom is -0.493 e. The summed E-state index contributed by atoms with van der Waals surface area (Å²) in [7, 11) is 1.50. The fourth-order valence-corrected chi connectivity index (χ4v) is 3.35. The van der Waals surface area contributed by atoms with Gasteiger partial charge in [0.25, 0.3) is 0 Å². The number of rotatable bonds is 4. The highest BCUT2D eigenvalue weighted by atomic mass is 16.5. The van der Waals surface area contributed by atoms with Crippen LogP contribution in [0.4, 0.5) is 4.79 Å². The Kier molecular flexibility index (Phi) is 5.55. The van der Waals surface area contributed by atoms with Crippen LogP contribution in [0.2, 0.25) is 0 Å². The van der Waals surface area contributed by atoms with Crippen LogP contribution in [0.15, 0.2) is 18.2 Å². The number of hydrogen-bond donors (Lipinski definition) is 2. The zero-order chi connectivity index (χ0) is 17.8. The largest absolute Gasteiger partial charge is 0.493 e. The van der Waals surface area contributed by atoms with Gasteiger partial charge in [-0.1, -0.05) is 12.1 Å². The highest BCUT2D eigenvalue weighted by Crippen LogP contribution is 2.26. The van der Waals surface area contributed by atoms with Gasteiger partial charge < -0.3 is 10.1 Å². The summed E-state index contributed by atoms with van der Waals surface area (Å²) in [6, 6.07) is 5.68. The van der Waals surface area contributed by atoms with Gasteiger partial charge in [-0.05, 0) is 24.1 Å². The van der Waals surface area contributed by atoms with E-state index in [2.05, 4.69) is 38.6 Å². The zero-order valence-electron chi connectivity index (χ0n) is 14.9. The van der Waals surface area contributed by atoms with E-state index in [1.54, 1.807) is 0 Å². The third-order valence-electron chi connectivity index (χ3n) is 4.96. The molecule has 2 N–H and O–H groups in total. The van der Waals surface area contributed by atoms with Crippen molar-refractivity contribution in [2.24, 2.45) is 0 Å². The van der Waals surface area contributed by atoms with Crippen molar-refractivity contribution >= 4 is 11.9 Å². The van der Waals surface area contributed by atoms with Crippen molar-refractivity contribution in [3.63, 3.8) is 0 Å². The van der Waals surface area contributed by atoms with E-state index in [1.807, 2.05) is 6.92 Å². The third kappa shape index (κ3) is 4.29. The molecule has 3 rings (SSSR count). The van der Waals surface area contributed by atoms with Crippen LogP contribution in [0.25, 0.3) is 0 Å². The van der Waals surface area contributed by atoms with Gasteiger partial charge in [-0.3, -0.25) is 19.9 Å². The number of piperazine rings is 1. The number of imide groups is 1. The molecule has 3 amide bonds. The smallest absolute Gasteiger partial charge is 0.321 e. The fourth-order valence-electron chi connectivity index (χ4n) is 3.35. The summed E-state index contributed by atoms with van der Waals surface area (Å²) < 4.78 is 5.56. The lowest BCUT2D eigenvalue weighted by Crippen LogP contribution is -2.55. The molecular formula is C18H26N4O3. The molecule has 25 heavy (non-hydrogen) atoms. The normalized spacial score (nSPS) is 19.0. The maximum absolute atomic E-state index is 12.1. The minimum absolute atomic E-state index is 0.258. The first-order valence-corrected chi connectivity index (χ1v) is 8.80. The van der Waals surface area contributed by atoms with E-state index in [4.69, 9.17) is 4.74 Å². The molecule has 0 bridgehead atoms. The first-order chi connectivity index (χ1) is 12.1. The monoisotopic (exact) mass is 346 g/mol. The Labute approximate surface area is 148 Å². The topological polar surface area (TPSA) is 73.9 Å². The van der Waals surface area contributed by atoms with Crippen molar-refractivity contribution in [3.05, 3.63) is 29.3 Å². The summed E-state index contributed by atoms with van der Waals surface area (Å²) in [6.45, 7) is 6.99. The van der Waals surface area contributed by atoms with Crippen LogP contribution in [-0.4, -0.2) is 67.6 Å². The van der Waals surface area contributed by atoms with Crippen molar-refractivity contribution in [3.8, 4) is 5.75 Å². The first-order valence-electron chi connectivity index (χ1n) is 8.80. The number of hydrogen-bond acceptors (Lipinski definition) is 5. The van der Waals surface area contributed by atoms with Crippen LogP contribution in [0.3, 0.4) is 0 Å². The lowest BCUT2D eigenvalue weighted by Gasteiger charge is -2.37. The number of benzene rings is 1. The van der Waals surface area contributed by atoms with Gasteiger partial charge in [-0.15, -0.1) is 0 Å². The second kappa shape index (κ2) is 7.84. The predicted octanol–water partition coefficient (Wildman–Crippen LogP) is 0.583. The molecule has 1 fully saturated rings. The van der Waals surface area contributed by atoms with Crippen LogP contribution in [-0.2, 0) is 17.8 Å². The van der Waals surface area contributed by atoms with E-state index in [-0.39, 0.29) is 11.9 Å². The number of fused-ring (bicyclic) bond motifs is 1. The van der Waals surface area contributed by atoms with E-state index in [0.717, 1.165) is 51.5 Å². The Morgan fingerprint density at radius 3 is 2.72 bits per heavy atom. The lowest BCUT2D eigenvalue weighted by atomic mass is 10.1. The number of amides is 3. The second-order valence-electron chi connectivity index (χ2n) is 6.60. The molecule has 2 aliphatic heterocycles. The van der Waals surface area contributed by atoms with Gasteiger partial charge in [0.05, 0.1) is 12.6 Å². The molecule has 2 aliphatic rings. The Hall–Kier alpha value is -2.12. The van der Waals surface area contributed by atoms with Gasteiger partial charge in [0.15, 0.2) is 0 Å². The van der Waals surface area contributed by atoms with Gasteiger partial charge in [0.1, 0.15) is 5.75 Å². The Morgan fingerprint density at radius 1 is 1.24 bits per heavy atom. The summed E-state index contributed by atoms with van der Waals surface area (Å²) in [4.78, 5) is 27.8. The van der Waals surface area contributed by atoms with Crippen LogP contribution >= 0.6 is 0 Å². The molecule has 1 atom stereocenters. The molecule has 7 nitrogen and oxygen atoms in total. The van der Waals surface area contributed by atoms with Crippen molar-refractivity contribution in [2.45, 2.75) is 25.9 Å². The van der Waals surface area contributed by atoms with Gasteiger partial charge >= 0.3 is 6.03 Å². The summed E-state index contributed by atoms with van der Waals surface area (Å²) >= 11 is 0. The minimum atomic E-state index is -0.462. The molecule has 136 valence electrons. The zero-order valence-corrected chi connectivity index (χ0v) is 14.9. The van der Waals surface area contributed by atoms with Gasteiger partial charge in [0.2, 0.25) is 5.91 Å². The summed E-state index contributed by atoms with van der Waals surface area (Å²) in [5.74, 6) is 0.760. The molecule has 7 heteroatoms. The summed E-state index contributed by atoms with van der Waals surface area (Å²) in [5, 5.41) is 4.74. The molecule has 0 unspecified atom stereocenters. The number of nitrogens with one attached hydrogen (secondary N) is 2. The number of urea groups is 1. The maximum Gasteiger partial charge on any atom is 0.321 e. The number of ether oxygens (including phenoxy) is 1. The average molecular weight is 346 g/mol. The Bertz CT molecular complexity index is 641. The predicted molar refractivity (Wildman–Crippen MR) is 94.6 cm³/mol. The number of carbonyl (C=O) groups excluding carboxylic acids is 2. The van der Waals surface area contributed by atoms with E-state index in [0.29, 0.717) is 0 Å². The second-order valence-corrected chi connectivity index (χ2v) is 6.60. The molecule has 0 saturated carbocycles. The van der Waals surface area contributed by atoms with Gasteiger partial charge in [-0.2, -0.15) is 0 Å². The first kappa shape index (κ1) is 17.7. The summed E-state index contributed by atoms with van der Waals surface area (Å²) in [6.07, 6.45) is 0.995. The quantitative estimate of drug-likeness (QED) is 0.834. The van der Waals surface area contributed by atoms with Crippen LogP contribution < -0.4 is 15.4 Å². The van der Waals surface area contributed by atoms with E-state index < -0.39 is 6.03 Å². The molecule has 1 aromatic rings. The molecule has 0 radical (unpaired) electrons. The van der Waals surface area contributed by atoms with Crippen molar-refractivity contribution in [2.75, 3.05) is 39.8 Å². The SMILES string of the molecule is CNC(=O)NC(=O)[C@@H](C)N1CCN(Cc2ccc3c(c2)CCO3)CC1. The highest BCUT2D eigenvalue weighted by molar-refractivity contribution is 5.96. The molecule has 0 aromatic heterocycles. The maximum atomic E-state index is 12.1. The van der Waals surface area contributed by atoms with Crippen LogP contribution in [0, 0.1) is 0 Å². The van der Waals surface area contributed by atoms with Crippen molar-refractivity contribution < 1.29 is 14.3 Å². The number of nitrogens with zero attached hydrogens (tertiary/aromatic N) is 2. The summed E-state index contributed by atoms with van der Waals surface area (Å²) in [5.41, 5.74) is 2.61. The molecular weight excluding hydrogens is 320 g/mol. The average Bonchev–Trinajstić information content (AvgIpc) is 3.09. The van der Waals surface area contributed by atoms with Crippen LogP contribution in [0.5, 0.6) is 5.75 Å². The lowest BCUT2D eigenvalue weighted by molar-refractivity contribution is -0.125. The van der Waals surface area contributed by atoms with Gasteiger partial charge in [0, 0.05) is 46.2 Å². The Balaban J connectivity index is 1.48. The van der Waals surface area contributed by atoms with Crippen molar-refractivity contribution in [1.29, 1.82) is 0 Å². The molecule has 0 aliphatic carbocycles. The molecule has 1 aromatic carbocycles. The molecule has 0 spiro atoms. The van der Waals surface area contributed by atoms with Crippen LogP contribution in [0.1, 0.15) is 18.1 Å². The fraction of sp³-hybridized carbons (Fsp3) is 0.556. The standard InChI is InChI=1S/C18H26N4O3/c1-13(17(23)20-18(24)19-2)22-8-6-21(7-9-22)12-14-3-4-16-15(11-14)5-10-25-16/h3-4,11,13H,5-10,12H2,1-2H3,(H2,19,20,23,24)/t13-/m1/s1. The molecule has 1 saturated heterocycles. The van der Waals surface area contributed by atoms with Crippen molar-refractivity contribution in [1.82, 2.24) is 20.4 Å². The van der Waals surface area contributed by atoms with E-state index in [9.17, 15) is 9.59 Å². The molecule has 2 heterocycles. The number of carbonyl (C=O) groups is 2.